The van der Waals surface area contributed by atoms with E-state index in [1.165, 1.54) is 11.3 Å². The Balaban J connectivity index is 1.41. The molecule has 116 valence electrons. The van der Waals surface area contributed by atoms with Crippen LogP contribution in [0.4, 0.5) is 0 Å². The van der Waals surface area contributed by atoms with Gasteiger partial charge in [0.1, 0.15) is 5.01 Å². The number of carbonyl (C=O) groups is 1. The fourth-order valence-corrected chi connectivity index (χ4v) is 5.19. The predicted octanol–water partition coefficient (Wildman–Crippen LogP) is 2.75. The zero-order chi connectivity index (χ0) is 15.1. The van der Waals surface area contributed by atoms with Crippen LogP contribution in [0.1, 0.15) is 5.69 Å². The summed E-state index contributed by atoms with van der Waals surface area (Å²) in [6.45, 7) is 3.89. The van der Waals surface area contributed by atoms with Gasteiger partial charge in [-0.1, -0.05) is 11.6 Å². The minimum Gasteiger partial charge on any atom is -0.342 e. The highest BCUT2D eigenvalue weighted by Gasteiger charge is 2.37. The standard InChI is InChI=1S/C15H16ClN3OS2/c16-13-2-1-12(22-13)15-18-11(8-21-15)3-14(20)19-6-9-4-17-5-10(9)7-19/h1-2,8-10,17H,3-7H2/t9-,10+. The molecule has 2 saturated heterocycles. The number of rotatable bonds is 3. The third-order valence-electron chi connectivity index (χ3n) is 4.41. The van der Waals surface area contributed by atoms with Crippen LogP contribution in [0, 0.1) is 11.8 Å². The lowest BCUT2D eigenvalue weighted by atomic mass is 10.0. The maximum Gasteiger partial charge on any atom is 0.228 e. The van der Waals surface area contributed by atoms with E-state index in [2.05, 4.69) is 10.3 Å². The minimum absolute atomic E-state index is 0.204. The summed E-state index contributed by atoms with van der Waals surface area (Å²) >= 11 is 9.06. The predicted molar refractivity (Wildman–Crippen MR) is 90.6 cm³/mol. The molecule has 2 aromatic rings. The van der Waals surface area contributed by atoms with Gasteiger partial charge in [0.05, 0.1) is 21.3 Å². The molecule has 1 N–H and O–H groups in total. The lowest BCUT2D eigenvalue weighted by Crippen LogP contribution is -2.33. The largest absolute Gasteiger partial charge is 0.342 e. The van der Waals surface area contributed by atoms with E-state index in [-0.39, 0.29) is 5.91 Å². The summed E-state index contributed by atoms with van der Waals surface area (Å²) in [5.41, 5.74) is 0.865. The summed E-state index contributed by atoms with van der Waals surface area (Å²) in [6.07, 6.45) is 0.405. The molecule has 0 aliphatic carbocycles. The number of halogens is 1. The maximum atomic E-state index is 12.4. The van der Waals surface area contributed by atoms with E-state index in [1.54, 1.807) is 11.3 Å². The molecule has 0 unspecified atom stereocenters. The number of nitrogens with one attached hydrogen (secondary N) is 1. The number of thiazole rings is 1. The van der Waals surface area contributed by atoms with Crippen molar-refractivity contribution in [2.24, 2.45) is 11.8 Å². The van der Waals surface area contributed by atoms with E-state index < -0.39 is 0 Å². The molecule has 4 heterocycles. The van der Waals surface area contributed by atoms with Gasteiger partial charge in [-0.2, -0.15) is 0 Å². The molecule has 0 spiro atoms. The smallest absolute Gasteiger partial charge is 0.228 e. The first-order valence-electron chi connectivity index (χ1n) is 7.37. The number of thiophene rings is 1. The number of likely N-dealkylation sites (tertiary alicyclic amines) is 1. The van der Waals surface area contributed by atoms with Crippen LogP contribution < -0.4 is 5.32 Å². The molecule has 7 heteroatoms. The van der Waals surface area contributed by atoms with E-state index in [1.807, 2.05) is 22.4 Å². The normalized spacial score (nSPS) is 24.0. The molecule has 0 bridgehead atoms. The van der Waals surface area contributed by atoms with Crippen LogP contribution >= 0.6 is 34.3 Å². The van der Waals surface area contributed by atoms with Crippen LogP contribution in [0.25, 0.3) is 9.88 Å². The van der Waals surface area contributed by atoms with Crippen LogP contribution in [-0.4, -0.2) is 42.0 Å². The van der Waals surface area contributed by atoms with E-state index in [0.29, 0.717) is 18.3 Å². The molecular weight excluding hydrogens is 338 g/mol. The number of nitrogens with zero attached hydrogens (tertiary/aromatic N) is 2. The van der Waals surface area contributed by atoms with Crippen LogP contribution in [0.3, 0.4) is 0 Å². The molecule has 0 saturated carbocycles. The first kappa shape index (κ1) is 14.6. The van der Waals surface area contributed by atoms with Gasteiger partial charge < -0.3 is 10.2 Å². The van der Waals surface area contributed by atoms with Gasteiger partial charge in [-0.25, -0.2) is 4.98 Å². The second-order valence-electron chi connectivity index (χ2n) is 5.90. The topological polar surface area (TPSA) is 45.2 Å². The summed E-state index contributed by atoms with van der Waals surface area (Å²) in [6, 6.07) is 3.86. The molecule has 0 aromatic carbocycles. The summed E-state index contributed by atoms with van der Waals surface area (Å²) in [4.78, 5) is 20.1. The van der Waals surface area contributed by atoms with Gasteiger partial charge in [-0.15, -0.1) is 22.7 Å². The molecule has 1 amide bonds. The second-order valence-corrected chi connectivity index (χ2v) is 8.47. The summed E-state index contributed by atoms with van der Waals surface area (Å²) in [5.74, 6) is 1.49. The van der Waals surface area contributed by atoms with Crippen molar-refractivity contribution in [3.8, 4) is 9.88 Å². The maximum absolute atomic E-state index is 12.4. The third-order valence-corrected chi connectivity index (χ3v) is 6.70. The van der Waals surface area contributed by atoms with Crippen LogP contribution in [0.15, 0.2) is 17.5 Å². The summed E-state index contributed by atoms with van der Waals surface area (Å²) < 4.78 is 0.764. The number of hydrogen-bond acceptors (Lipinski definition) is 5. The quantitative estimate of drug-likeness (QED) is 0.922. The highest BCUT2D eigenvalue weighted by molar-refractivity contribution is 7.23. The van der Waals surface area contributed by atoms with E-state index in [0.717, 1.165) is 46.1 Å². The second kappa shape index (κ2) is 5.92. The van der Waals surface area contributed by atoms with Gasteiger partial charge >= 0.3 is 0 Å². The molecule has 4 rings (SSSR count). The fraction of sp³-hybridized carbons (Fsp3) is 0.467. The molecular formula is C15H16ClN3OS2. The zero-order valence-corrected chi connectivity index (χ0v) is 14.3. The number of hydrogen-bond donors (Lipinski definition) is 1. The Labute approximate surface area is 142 Å². The van der Waals surface area contributed by atoms with Crippen molar-refractivity contribution in [1.82, 2.24) is 15.2 Å². The Hall–Kier alpha value is -0.950. The molecule has 2 atom stereocenters. The number of amides is 1. The Morgan fingerprint density at radius 1 is 1.36 bits per heavy atom. The van der Waals surface area contributed by atoms with E-state index in [9.17, 15) is 4.79 Å². The van der Waals surface area contributed by atoms with Crippen molar-refractivity contribution >= 4 is 40.2 Å². The third kappa shape index (κ3) is 2.80. The average molecular weight is 354 g/mol. The van der Waals surface area contributed by atoms with Crippen molar-refractivity contribution in [1.29, 1.82) is 0 Å². The number of fused-ring (bicyclic) bond motifs is 1. The average Bonchev–Trinajstić information content (AvgIpc) is 3.19. The molecule has 22 heavy (non-hydrogen) atoms. The van der Waals surface area contributed by atoms with Gasteiger partial charge in [-0.3, -0.25) is 4.79 Å². The van der Waals surface area contributed by atoms with Crippen LogP contribution in [0.2, 0.25) is 4.34 Å². The minimum atomic E-state index is 0.204. The van der Waals surface area contributed by atoms with Gasteiger partial charge in [0.2, 0.25) is 5.91 Å². The first-order valence-corrected chi connectivity index (χ1v) is 9.45. The molecule has 0 radical (unpaired) electrons. The van der Waals surface area contributed by atoms with Gasteiger partial charge in [0, 0.05) is 31.6 Å². The van der Waals surface area contributed by atoms with Crippen molar-refractivity contribution in [2.75, 3.05) is 26.2 Å². The highest BCUT2D eigenvalue weighted by Crippen LogP contribution is 2.33. The number of aromatic nitrogens is 1. The monoisotopic (exact) mass is 353 g/mol. The van der Waals surface area contributed by atoms with Crippen molar-refractivity contribution in [3.05, 3.63) is 27.5 Å². The lowest BCUT2D eigenvalue weighted by molar-refractivity contribution is -0.129. The fourth-order valence-electron chi connectivity index (χ4n) is 3.26. The Bertz CT molecular complexity index is 687. The molecule has 2 aliphatic heterocycles. The van der Waals surface area contributed by atoms with Crippen molar-refractivity contribution in [2.45, 2.75) is 6.42 Å². The Morgan fingerprint density at radius 2 is 2.14 bits per heavy atom. The van der Waals surface area contributed by atoms with Gasteiger partial charge in [0.25, 0.3) is 0 Å². The van der Waals surface area contributed by atoms with Gasteiger partial charge in [-0.05, 0) is 24.0 Å². The highest BCUT2D eigenvalue weighted by atomic mass is 35.5. The molecule has 4 nitrogen and oxygen atoms in total. The SMILES string of the molecule is O=C(Cc1csc(-c2ccc(Cl)s2)n1)N1C[C@H]2CNC[C@H]2C1. The van der Waals surface area contributed by atoms with E-state index in [4.69, 9.17) is 11.6 Å². The molecule has 2 aromatic heterocycles. The molecule has 2 fully saturated rings. The number of carbonyl (C=O) groups excluding carboxylic acids is 1. The Morgan fingerprint density at radius 3 is 2.82 bits per heavy atom. The van der Waals surface area contributed by atoms with E-state index >= 15 is 0 Å². The van der Waals surface area contributed by atoms with Crippen molar-refractivity contribution < 1.29 is 4.79 Å². The van der Waals surface area contributed by atoms with Crippen LogP contribution in [0.5, 0.6) is 0 Å². The summed E-state index contributed by atoms with van der Waals surface area (Å²) in [7, 11) is 0. The first-order chi connectivity index (χ1) is 10.7. The summed E-state index contributed by atoms with van der Waals surface area (Å²) in [5, 5.41) is 6.33. The lowest BCUT2D eigenvalue weighted by Gasteiger charge is -2.16. The zero-order valence-electron chi connectivity index (χ0n) is 11.9. The van der Waals surface area contributed by atoms with Crippen LogP contribution in [-0.2, 0) is 11.2 Å². The Kier molecular flexibility index (Phi) is 3.94. The van der Waals surface area contributed by atoms with Crippen molar-refractivity contribution in [3.63, 3.8) is 0 Å². The van der Waals surface area contributed by atoms with Gasteiger partial charge in [0.15, 0.2) is 0 Å². The molecule has 2 aliphatic rings.